The van der Waals surface area contributed by atoms with Crippen LogP contribution in [0, 0.1) is 0 Å². The van der Waals surface area contributed by atoms with Crippen LogP contribution in [0.2, 0.25) is 0 Å². The van der Waals surface area contributed by atoms with E-state index in [1.807, 2.05) is 13.8 Å². The van der Waals surface area contributed by atoms with E-state index >= 15 is 0 Å². The fraction of sp³-hybridized carbons (Fsp3) is 0.333. The summed E-state index contributed by atoms with van der Waals surface area (Å²) in [4.78, 5) is 7.19. The van der Waals surface area contributed by atoms with Crippen molar-refractivity contribution >= 4 is 13.1 Å². The molecule has 0 aliphatic heterocycles. The Bertz CT molecular complexity index is 118. The van der Waals surface area contributed by atoms with Crippen molar-refractivity contribution in [2.45, 2.75) is 13.8 Å². The van der Waals surface area contributed by atoms with Crippen LogP contribution in [-0.4, -0.2) is 13.1 Å². The van der Waals surface area contributed by atoms with Gasteiger partial charge in [0.25, 0.3) is 0 Å². The molecule has 0 aliphatic rings. The number of nitrogens with zero attached hydrogens (tertiary/aromatic N) is 2. The van der Waals surface area contributed by atoms with Gasteiger partial charge >= 0.3 is 0 Å². The van der Waals surface area contributed by atoms with Crippen LogP contribution in [-0.2, 0) is 0 Å². The van der Waals surface area contributed by atoms with Gasteiger partial charge in [-0.25, -0.2) is 4.99 Å². The predicted molar refractivity (Wildman–Crippen MR) is 37.5 cm³/mol. The molecule has 0 N–H and O–H groups in total. The molecule has 0 aliphatic carbocycles. The number of allylic oxidation sites excluding steroid dienone is 1. The van der Waals surface area contributed by atoms with Crippen molar-refractivity contribution in [1.82, 2.24) is 0 Å². The smallest absolute Gasteiger partial charge is 0.114 e. The summed E-state index contributed by atoms with van der Waals surface area (Å²) in [5.41, 5.74) is 1.16. The third kappa shape index (κ3) is 5.08. The highest BCUT2D eigenvalue weighted by Crippen LogP contribution is 1.86. The molecule has 44 valence electrons. The van der Waals surface area contributed by atoms with Gasteiger partial charge in [0, 0.05) is 6.20 Å². The van der Waals surface area contributed by atoms with E-state index in [1.165, 1.54) is 6.34 Å². The van der Waals surface area contributed by atoms with E-state index in [9.17, 15) is 0 Å². The van der Waals surface area contributed by atoms with E-state index in [4.69, 9.17) is 0 Å². The van der Waals surface area contributed by atoms with Gasteiger partial charge in [-0.15, -0.1) is 0 Å². The maximum absolute atomic E-state index is 3.77. The quantitative estimate of drug-likeness (QED) is 0.381. The maximum Gasteiger partial charge on any atom is 0.114 e. The molecule has 2 nitrogen and oxygen atoms in total. The minimum atomic E-state index is 1.16. The van der Waals surface area contributed by atoms with Crippen LogP contribution in [0.4, 0.5) is 0 Å². The second-order valence-electron chi connectivity index (χ2n) is 1.65. The third-order valence-electron chi connectivity index (χ3n) is 0.481. The van der Waals surface area contributed by atoms with Gasteiger partial charge in [-0.05, 0) is 20.6 Å². The zero-order valence-corrected chi connectivity index (χ0v) is 5.26. The van der Waals surface area contributed by atoms with Gasteiger partial charge in [-0.1, -0.05) is 5.57 Å². The first-order chi connectivity index (χ1) is 3.77. The molecule has 0 aromatic rings. The topological polar surface area (TPSA) is 24.7 Å². The molecule has 0 radical (unpaired) electrons. The number of aliphatic imine (C=N–C) groups is 2. The lowest BCUT2D eigenvalue weighted by atomic mass is 10.4. The van der Waals surface area contributed by atoms with E-state index in [2.05, 4.69) is 16.7 Å². The van der Waals surface area contributed by atoms with Crippen molar-refractivity contribution in [2.75, 3.05) is 0 Å². The fourth-order valence-electron chi connectivity index (χ4n) is 0.230. The largest absolute Gasteiger partial charge is 0.253 e. The van der Waals surface area contributed by atoms with Crippen LogP contribution in [0.25, 0.3) is 0 Å². The molecule has 0 rings (SSSR count). The SMILES string of the molecule is C=N/C=N\C=C(C)C. The molecule has 0 aromatic carbocycles. The van der Waals surface area contributed by atoms with Crippen LogP contribution >= 0.6 is 0 Å². The minimum absolute atomic E-state index is 1.16. The second-order valence-corrected chi connectivity index (χ2v) is 1.65. The molecule has 2 heteroatoms. The highest BCUT2D eigenvalue weighted by Gasteiger charge is 1.67. The van der Waals surface area contributed by atoms with Gasteiger partial charge in [0.05, 0.1) is 0 Å². The Labute approximate surface area is 49.7 Å². The van der Waals surface area contributed by atoms with E-state index in [0.29, 0.717) is 0 Å². The lowest BCUT2D eigenvalue weighted by Gasteiger charge is -1.78. The molecule has 0 saturated heterocycles. The first-order valence-corrected chi connectivity index (χ1v) is 2.38. The summed E-state index contributed by atoms with van der Waals surface area (Å²) in [6.07, 6.45) is 3.14. The molecular weight excluding hydrogens is 100 g/mol. The highest BCUT2D eigenvalue weighted by atomic mass is 14.8. The Morgan fingerprint density at radius 1 is 1.50 bits per heavy atom. The molecule has 0 fully saturated rings. The van der Waals surface area contributed by atoms with E-state index in [0.717, 1.165) is 5.57 Å². The first kappa shape index (κ1) is 7.08. The van der Waals surface area contributed by atoms with Crippen LogP contribution in [0.5, 0.6) is 0 Å². The third-order valence-corrected chi connectivity index (χ3v) is 0.481. The summed E-state index contributed by atoms with van der Waals surface area (Å²) in [5, 5.41) is 0. The average Bonchev–Trinajstić information content (AvgIpc) is 1.66. The van der Waals surface area contributed by atoms with E-state index in [1.54, 1.807) is 6.20 Å². The first-order valence-electron chi connectivity index (χ1n) is 2.38. The summed E-state index contributed by atoms with van der Waals surface area (Å²) < 4.78 is 0. The molecule has 0 unspecified atom stereocenters. The molecule has 0 heterocycles. The Morgan fingerprint density at radius 2 is 2.12 bits per heavy atom. The number of hydrogen-bond donors (Lipinski definition) is 0. The lowest BCUT2D eigenvalue weighted by Crippen LogP contribution is -1.62. The zero-order chi connectivity index (χ0) is 6.41. The van der Waals surface area contributed by atoms with Crippen molar-refractivity contribution in [1.29, 1.82) is 0 Å². The summed E-state index contributed by atoms with van der Waals surface area (Å²) >= 11 is 0. The van der Waals surface area contributed by atoms with E-state index in [-0.39, 0.29) is 0 Å². The molecule has 0 bridgehead atoms. The number of rotatable bonds is 2. The molecule has 8 heavy (non-hydrogen) atoms. The monoisotopic (exact) mass is 110 g/mol. The summed E-state index contributed by atoms with van der Waals surface area (Å²) in [7, 11) is 0. The molecule has 0 amide bonds. The normalized spacial score (nSPS) is 9.25. The van der Waals surface area contributed by atoms with Gasteiger partial charge in [-0.2, -0.15) is 0 Å². The minimum Gasteiger partial charge on any atom is -0.253 e. The number of hydrogen-bond acceptors (Lipinski definition) is 1. The molecule has 0 aromatic heterocycles. The van der Waals surface area contributed by atoms with Crippen molar-refractivity contribution < 1.29 is 0 Å². The van der Waals surface area contributed by atoms with Gasteiger partial charge in [0.2, 0.25) is 0 Å². The maximum atomic E-state index is 3.77. The Kier molecular flexibility index (Phi) is 3.76. The van der Waals surface area contributed by atoms with Crippen molar-refractivity contribution in [2.24, 2.45) is 9.98 Å². The predicted octanol–water partition coefficient (Wildman–Crippen LogP) is 1.64. The van der Waals surface area contributed by atoms with Crippen molar-refractivity contribution in [3.05, 3.63) is 11.8 Å². The Morgan fingerprint density at radius 3 is 2.50 bits per heavy atom. The summed E-state index contributed by atoms with van der Waals surface area (Å²) in [6.45, 7) is 7.17. The van der Waals surface area contributed by atoms with E-state index < -0.39 is 0 Å². The molecular formula is C6H10N2. The lowest BCUT2D eigenvalue weighted by molar-refractivity contribution is 1.34. The summed E-state index contributed by atoms with van der Waals surface area (Å²) in [6, 6.07) is 0. The van der Waals surface area contributed by atoms with Crippen LogP contribution in [0.3, 0.4) is 0 Å². The summed E-state index contributed by atoms with van der Waals surface area (Å²) in [5.74, 6) is 0. The highest BCUT2D eigenvalue weighted by molar-refractivity contribution is 5.62. The Balaban J connectivity index is 3.57. The van der Waals surface area contributed by atoms with Crippen LogP contribution < -0.4 is 0 Å². The fourth-order valence-corrected chi connectivity index (χ4v) is 0.230. The van der Waals surface area contributed by atoms with Crippen molar-refractivity contribution in [3.8, 4) is 0 Å². The standard InChI is InChI=1S/C6H10N2/c1-6(2)4-8-5-7-3/h4-5H,3H2,1-2H3/b8-5-. The zero-order valence-electron chi connectivity index (χ0n) is 5.26. The molecule has 0 spiro atoms. The van der Waals surface area contributed by atoms with Crippen LogP contribution in [0.1, 0.15) is 13.8 Å². The molecule has 0 saturated carbocycles. The van der Waals surface area contributed by atoms with Crippen molar-refractivity contribution in [3.63, 3.8) is 0 Å². The van der Waals surface area contributed by atoms with Gasteiger partial charge in [-0.3, -0.25) is 4.99 Å². The van der Waals surface area contributed by atoms with Crippen LogP contribution in [0.15, 0.2) is 21.8 Å². The van der Waals surface area contributed by atoms with Gasteiger partial charge in [0.1, 0.15) is 6.34 Å². The molecule has 0 atom stereocenters. The average molecular weight is 110 g/mol. The second kappa shape index (κ2) is 4.24. The van der Waals surface area contributed by atoms with Gasteiger partial charge < -0.3 is 0 Å². The Hall–Kier alpha value is -0.920. The van der Waals surface area contributed by atoms with Gasteiger partial charge in [0.15, 0.2) is 0 Å².